The zero-order valence-electron chi connectivity index (χ0n) is 15.3. The third kappa shape index (κ3) is 3.64. The predicted octanol–water partition coefficient (Wildman–Crippen LogP) is 2.47. The van der Waals surface area contributed by atoms with Crippen LogP contribution in [-0.2, 0) is 4.79 Å². The second kappa shape index (κ2) is 8.00. The first-order valence-electron chi connectivity index (χ1n) is 9.40. The Labute approximate surface area is 162 Å². The minimum absolute atomic E-state index is 0.125. The monoisotopic (exact) mass is 381 g/mol. The number of nitrogens with zero attached hydrogens (tertiary/aromatic N) is 3. The number of benzene rings is 1. The van der Waals surface area contributed by atoms with E-state index in [1.165, 1.54) is 19.3 Å². The summed E-state index contributed by atoms with van der Waals surface area (Å²) >= 11 is 1.60. The van der Waals surface area contributed by atoms with E-state index in [4.69, 9.17) is 10.1 Å². The molecule has 0 radical (unpaired) electrons. The van der Waals surface area contributed by atoms with Gasteiger partial charge < -0.3 is 4.98 Å². The van der Waals surface area contributed by atoms with Crippen molar-refractivity contribution in [1.82, 2.24) is 15.3 Å². The van der Waals surface area contributed by atoms with E-state index in [1.54, 1.807) is 16.8 Å². The number of hydrogen-bond donors (Lipinski definition) is 2. The fourth-order valence-corrected chi connectivity index (χ4v) is 4.15. The highest BCUT2D eigenvalue weighted by molar-refractivity contribution is 8.13. The maximum Gasteiger partial charge on any atom is 0.276 e. The molecule has 3 heterocycles. The van der Waals surface area contributed by atoms with Crippen LogP contribution in [0.2, 0.25) is 0 Å². The van der Waals surface area contributed by atoms with Crippen LogP contribution in [0, 0.1) is 0 Å². The Balaban J connectivity index is 1.68. The number of unbranched alkanes of at least 4 members (excludes halogenated alkanes) is 3. The lowest BCUT2D eigenvalue weighted by molar-refractivity contribution is -0.116. The fourth-order valence-electron chi connectivity index (χ4n) is 3.30. The molecule has 1 amide bonds. The van der Waals surface area contributed by atoms with Crippen molar-refractivity contribution < 1.29 is 4.79 Å². The Morgan fingerprint density at radius 1 is 1.15 bits per heavy atom. The predicted molar refractivity (Wildman–Crippen MR) is 108 cm³/mol. The van der Waals surface area contributed by atoms with Crippen LogP contribution in [0.5, 0.6) is 0 Å². The summed E-state index contributed by atoms with van der Waals surface area (Å²) in [7, 11) is 0. The van der Waals surface area contributed by atoms with Crippen molar-refractivity contribution in [2.75, 3.05) is 5.75 Å². The number of amidine groups is 1. The summed E-state index contributed by atoms with van der Waals surface area (Å²) in [5, 5.41) is 11.7. The number of fused-ring (bicyclic) bond motifs is 2. The molecule has 4 rings (SSSR count). The number of H-pyrrole nitrogens is 1. The summed E-state index contributed by atoms with van der Waals surface area (Å²) < 4.78 is 0. The van der Waals surface area contributed by atoms with Crippen molar-refractivity contribution in [2.45, 2.75) is 38.8 Å². The molecule has 0 bridgehead atoms. The highest BCUT2D eigenvalue weighted by atomic mass is 32.2. The Bertz CT molecular complexity index is 967. The van der Waals surface area contributed by atoms with Crippen LogP contribution in [0.15, 0.2) is 52.7 Å². The number of nitrogens with one attached hydrogen (secondary N) is 2. The first-order chi connectivity index (χ1) is 13.3. The van der Waals surface area contributed by atoms with Crippen molar-refractivity contribution in [3.63, 3.8) is 0 Å². The second-order valence-electron chi connectivity index (χ2n) is 6.61. The van der Waals surface area contributed by atoms with Gasteiger partial charge in [0.05, 0.1) is 11.1 Å². The molecule has 2 aromatic rings. The fraction of sp³-hybridized carbons (Fsp3) is 0.350. The number of rotatable bonds is 6. The van der Waals surface area contributed by atoms with Gasteiger partial charge in [-0.2, -0.15) is 0 Å². The maximum absolute atomic E-state index is 12.9. The third-order valence-electron chi connectivity index (χ3n) is 4.65. The summed E-state index contributed by atoms with van der Waals surface area (Å²) in [6.07, 6.45) is 6.28. The first-order valence-corrected chi connectivity index (χ1v) is 10.4. The normalized spacial score (nSPS) is 18.3. The molecule has 2 N–H and O–H groups in total. The van der Waals surface area contributed by atoms with Gasteiger partial charge in [0.2, 0.25) is 0 Å². The van der Waals surface area contributed by atoms with Crippen LogP contribution in [0.25, 0.3) is 5.70 Å². The van der Waals surface area contributed by atoms with Gasteiger partial charge in [0.1, 0.15) is 5.70 Å². The first kappa shape index (κ1) is 17.9. The second-order valence-corrected chi connectivity index (χ2v) is 7.69. The Morgan fingerprint density at radius 3 is 2.85 bits per heavy atom. The lowest BCUT2D eigenvalue weighted by Crippen LogP contribution is -2.50. The van der Waals surface area contributed by atoms with Crippen molar-refractivity contribution >= 4 is 28.5 Å². The topological polar surface area (TPSA) is 72.8 Å². The largest absolute Gasteiger partial charge is 0.362 e. The average molecular weight is 382 g/mol. The van der Waals surface area contributed by atoms with Crippen LogP contribution < -0.4 is 15.9 Å². The van der Waals surface area contributed by atoms with Gasteiger partial charge in [-0.15, -0.1) is 5.10 Å². The van der Waals surface area contributed by atoms with Crippen molar-refractivity contribution in [2.24, 2.45) is 10.1 Å². The van der Waals surface area contributed by atoms with E-state index >= 15 is 0 Å². The highest BCUT2D eigenvalue weighted by Crippen LogP contribution is 2.29. The summed E-state index contributed by atoms with van der Waals surface area (Å²) in [5.41, 5.74) is 1.46. The molecule has 1 atom stereocenters. The standard InChI is InChI=1S/C20H23N5OS/c1-2-3-4-7-13-27-20-23-19(26)17-14-9-5-6-10-15(14)22-18(25(17)24-20)16-11-8-12-21-16/h5-6,8-12,18,21H,2-4,7,13H2,1H3,(H,23,24,26)/t18-/m1/s1. The molecule has 140 valence electrons. The number of carbonyl (C=O) groups excluding carboxylic acids is 1. The molecular formula is C20H23N5OS. The SMILES string of the molecule is CCCCCCSC1=NN2C(=c3ccccc3=N[C@H]2c2ccc[nH]2)C(=O)N1. The average Bonchev–Trinajstić information content (AvgIpc) is 3.21. The van der Waals surface area contributed by atoms with Crippen LogP contribution in [0.3, 0.4) is 0 Å². The number of aromatic amines is 1. The van der Waals surface area contributed by atoms with Crippen LogP contribution in [0.4, 0.5) is 0 Å². The molecule has 0 saturated heterocycles. The van der Waals surface area contributed by atoms with Gasteiger partial charge in [0.25, 0.3) is 5.91 Å². The molecule has 1 aromatic carbocycles. The van der Waals surface area contributed by atoms with Crippen molar-refractivity contribution in [3.8, 4) is 0 Å². The molecule has 6 nitrogen and oxygen atoms in total. The Morgan fingerprint density at radius 2 is 2.04 bits per heavy atom. The molecular weight excluding hydrogens is 358 g/mol. The Kier molecular flexibility index (Phi) is 5.29. The summed E-state index contributed by atoms with van der Waals surface area (Å²) in [4.78, 5) is 21.0. The van der Waals surface area contributed by atoms with Gasteiger partial charge in [0.15, 0.2) is 11.3 Å². The van der Waals surface area contributed by atoms with E-state index < -0.39 is 0 Å². The van der Waals surface area contributed by atoms with Crippen LogP contribution in [0.1, 0.15) is 44.5 Å². The van der Waals surface area contributed by atoms with Gasteiger partial charge in [-0.1, -0.05) is 56.1 Å². The quantitative estimate of drug-likeness (QED) is 0.755. The van der Waals surface area contributed by atoms with Crippen molar-refractivity contribution in [3.05, 3.63) is 58.9 Å². The van der Waals surface area contributed by atoms with Gasteiger partial charge in [-0.05, 0) is 24.6 Å². The number of hydrazone groups is 1. The van der Waals surface area contributed by atoms with Gasteiger partial charge in [-0.25, -0.2) is 5.01 Å². The molecule has 0 aliphatic carbocycles. The van der Waals surface area contributed by atoms with Gasteiger partial charge in [0, 0.05) is 17.2 Å². The van der Waals surface area contributed by atoms with E-state index in [-0.39, 0.29) is 12.1 Å². The molecule has 1 aromatic heterocycles. The minimum atomic E-state index is -0.369. The molecule has 0 saturated carbocycles. The van der Waals surface area contributed by atoms with E-state index in [0.717, 1.165) is 28.4 Å². The molecule has 27 heavy (non-hydrogen) atoms. The number of hydrogen-bond acceptors (Lipinski definition) is 5. The maximum atomic E-state index is 12.9. The third-order valence-corrected chi connectivity index (χ3v) is 5.60. The van der Waals surface area contributed by atoms with Gasteiger partial charge in [-0.3, -0.25) is 15.1 Å². The van der Waals surface area contributed by atoms with E-state index in [1.807, 2.05) is 42.6 Å². The van der Waals surface area contributed by atoms with E-state index in [9.17, 15) is 4.79 Å². The summed E-state index contributed by atoms with van der Waals surface area (Å²) in [6.45, 7) is 2.20. The number of thioether (sulfide) groups is 1. The highest BCUT2D eigenvalue weighted by Gasteiger charge is 2.34. The number of amides is 1. The van der Waals surface area contributed by atoms with Gasteiger partial charge >= 0.3 is 0 Å². The van der Waals surface area contributed by atoms with E-state index in [0.29, 0.717) is 10.9 Å². The molecule has 7 heteroatoms. The summed E-state index contributed by atoms with van der Waals surface area (Å²) in [5.74, 6) is 0.823. The Hall–Kier alpha value is -2.54. The molecule has 0 unspecified atom stereocenters. The van der Waals surface area contributed by atoms with Crippen molar-refractivity contribution in [1.29, 1.82) is 0 Å². The smallest absolute Gasteiger partial charge is 0.276 e. The lowest BCUT2D eigenvalue weighted by Gasteiger charge is -2.33. The summed E-state index contributed by atoms with van der Waals surface area (Å²) in [6, 6.07) is 11.6. The number of aromatic nitrogens is 1. The molecule has 0 fully saturated rings. The zero-order chi connectivity index (χ0) is 18.6. The molecule has 0 spiro atoms. The zero-order valence-corrected chi connectivity index (χ0v) is 16.1. The van der Waals surface area contributed by atoms with E-state index in [2.05, 4.69) is 17.2 Å². The van der Waals surface area contributed by atoms with Crippen LogP contribution in [-0.4, -0.2) is 26.8 Å². The van der Waals surface area contributed by atoms with Crippen LogP contribution >= 0.6 is 11.8 Å². The number of carbonyl (C=O) groups is 1. The molecule has 2 aliphatic rings. The minimum Gasteiger partial charge on any atom is -0.362 e. The number of para-hydroxylation sites is 1. The lowest BCUT2D eigenvalue weighted by atomic mass is 10.1. The molecule has 2 aliphatic heterocycles.